The lowest BCUT2D eigenvalue weighted by atomic mass is 10.2. The topological polar surface area (TPSA) is 66.5 Å². The molecule has 0 aromatic heterocycles. The van der Waals surface area contributed by atoms with E-state index in [1.54, 1.807) is 6.92 Å². The van der Waals surface area contributed by atoms with Crippen LogP contribution in [0.4, 0.5) is 18.9 Å². The maximum Gasteiger partial charge on any atom is 0.245 e. The molecule has 2 aromatic rings. The van der Waals surface area contributed by atoms with Gasteiger partial charge in [0.2, 0.25) is 15.9 Å². The Morgan fingerprint density at radius 3 is 2.46 bits per heavy atom. The lowest BCUT2D eigenvalue weighted by molar-refractivity contribution is -0.116. The van der Waals surface area contributed by atoms with Crippen LogP contribution in [0.3, 0.4) is 0 Å². The number of nitrogens with one attached hydrogen (secondary N) is 1. The van der Waals surface area contributed by atoms with Crippen molar-refractivity contribution in [2.24, 2.45) is 0 Å². The molecular weight excluding hydrogens is 485 g/mol. The predicted molar refractivity (Wildman–Crippen MR) is 103 cm³/mol. The third kappa shape index (κ3) is 5.05. The van der Waals surface area contributed by atoms with Crippen LogP contribution >= 0.6 is 27.5 Å². The van der Waals surface area contributed by atoms with Gasteiger partial charge in [0.1, 0.15) is 4.90 Å². The maximum absolute atomic E-state index is 13.7. The van der Waals surface area contributed by atoms with Crippen molar-refractivity contribution in [2.45, 2.75) is 18.2 Å². The molecule has 0 radical (unpaired) electrons. The first kappa shape index (κ1) is 22.7. The summed E-state index contributed by atoms with van der Waals surface area (Å²) < 4.78 is 67.2. The second-order valence-electron chi connectivity index (χ2n) is 5.68. The summed E-state index contributed by atoms with van der Waals surface area (Å²) in [5.41, 5.74) is -0.598. The first-order valence-electron chi connectivity index (χ1n) is 7.96. The summed E-state index contributed by atoms with van der Waals surface area (Å²) in [6.07, 6.45) is 0.389. The average Bonchev–Trinajstić information content (AvgIpc) is 2.61. The number of amides is 1. The molecule has 0 heterocycles. The van der Waals surface area contributed by atoms with Gasteiger partial charge in [-0.15, -0.1) is 0 Å². The monoisotopic (exact) mass is 498 g/mol. The molecule has 0 saturated carbocycles. The fraction of sp³-hybridized carbons (Fsp3) is 0.235. The molecule has 0 fully saturated rings. The van der Waals surface area contributed by atoms with E-state index in [4.69, 9.17) is 11.6 Å². The van der Waals surface area contributed by atoms with Gasteiger partial charge in [-0.3, -0.25) is 4.79 Å². The van der Waals surface area contributed by atoms with E-state index >= 15 is 0 Å². The first-order chi connectivity index (χ1) is 13.1. The maximum atomic E-state index is 13.7. The molecule has 1 N–H and O–H groups in total. The molecule has 0 spiro atoms. The molecule has 0 unspecified atom stereocenters. The van der Waals surface area contributed by atoms with Gasteiger partial charge in [-0.2, -0.15) is 4.31 Å². The SMILES string of the molecule is CCCN(CC(=O)Nc1ccc(F)c(F)c1F)S(=O)(=O)c1ccc(Br)cc1Cl. The zero-order valence-corrected chi connectivity index (χ0v) is 17.6. The number of sulfonamides is 1. The van der Waals surface area contributed by atoms with Gasteiger partial charge in [-0.1, -0.05) is 34.5 Å². The number of halogens is 5. The zero-order chi connectivity index (χ0) is 21.1. The van der Waals surface area contributed by atoms with Crippen molar-refractivity contribution < 1.29 is 26.4 Å². The van der Waals surface area contributed by atoms with Crippen LogP contribution in [0.15, 0.2) is 39.7 Å². The molecule has 2 rings (SSSR count). The average molecular weight is 500 g/mol. The van der Waals surface area contributed by atoms with E-state index < -0.39 is 45.6 Å². The molecule has 11 heteroatoms. The number of carbonyl (C=O) groups excluding carboxylic acids is 1. The zero-order valence-electron chi connectivity index (χ0n) is 14.5. The predicted octanol–water partition coefficient (Wildman–Crippen LogP) is 4.56. The summed E-state index contributed by atoms with van der Waals surface area (Å²) in [4.78, 5) is 12.0. The van der Waals surface area contributed by atoms with Crippen LogP contribution in [0.5, 0.6) is 0 Å². The van der Waals surface area contributed by atoms with Gasteiger partial charge in [-0.25, -0.2) is 21.6 Å². The number of benzene rings is 2. The second-order valence-corrected chi connectivity index (χ2v) is 8.91. The molecule has 0 bridgehead atoms. The molecule has 1 amide bonds. The van der Waals surface area contributed by atoms with Gasteiger partial charge in [0, 0.05) is 11.0 Å². The Labute approximate surface area is 173 Å². The fourth-order valence-corrected chi connectivity index (χ4v) is 4.83. The Bertz CT molecular complexity index is 1010. The highest BCUT2D eigenvalue weighted by molar-refractivity contribution is 9.10. The minimum atomic E-state index is -4.13. The van der Waals surface area contributed by atoms with Crippen LogP contribution in [-0.4, -0.2) is 31.7 Å². The Kier molecular flexibility index (Phi) is 7.49. The fourth-order valence-electron chi connectivity index (χ4n) is 2.33. The van der Waals surface area contributed by atoms with Crippen LogP contribution in [0.1, 0.15) is 13.3 Å². The summed E-state index contributed by atoms with van der Waals surface area (Å²) in [7, 11) is -4.13. The van der Waals surface area contributed by atoms with Crippen molar-refractivity contribution in [3.05, 3.63) is 57.3 Å². The molecule has 0 aliphatic carbocycles. The number of rotatable bonds is 7. The van der Waals surface area contributed by atoms with Crippen molar-refractivity contribution in [1.29, 1.82) is 0 Å². The molecular formula is C17H15BrClF3N2O3S. The van der Waals surface area contributed by atoms with Gasteiger partial charge in [0.05, 0.1) is 17.3 Å². The minimum absolute atomic E-state index is 0.0115. The van der Waals surface area contributed by atoms with Gasteiger partial charge >= 0.3 is 0 Å². The van der Waals surface area contributed by atoms with Crippen LogP contribution in [0, 0.1) is 17.5 Å². The number of hydrogen-bond acceptors (Lipinski definition) is 3. The summed E-state index contributed by atoms with van der Waals surface area (Å²) in [5, 5.41) is 2.01. The van der Waals surface area contributed by atoms with E-state index in [1.807, 2.05) is 5.32 Å². The Morgan fingerprint density at radius 1 is 1.18 bits per heavy atom. The number of nitrogens with zero attached hydrogens (tertiary/aromatic N) is 1. The first-order valence-corrected chi connectivity index (χ1v) is 10.6. The highest BCUT2D eigenvalue weighted by atomic mass is 79.9. The molecule has 0 atom stereocenters. The third-order valence-electron chi connectivity index (χ3n) is 3.61. The molecule has 152 valence electrons. The molecule has 0 aliphatic rings. The Hall–Kier alpha value is -1.62. The van der Waals surface area contributed by atoms with E-state index in [9.17, 15) is 26.4 Å². The number of anilines is 1. The molecule has 2 aromatic carbocycles. The van der Waals surface area contributed by atoms with Crippen molar-refractivity contribution in [2.75, 3.05) is 18.4 Å². The standard InChI is InChI=1S/C17H15BrClF3N2O3S/c1-2-7-24(28(26,27)14-6-3-10(18)8-11(14)19)9-15(25)23-13-5-4-12(20)16(21)17(13)22/h3-6,8H,2,7,9H2,1H3,(H,23,25). The van der Waals surface area contributed by atoms with Crippen LogP contribution in [-0.2, 0) is 14.8 Å². The van der Waals surface area contributed by atoms with Crippen LogP contribution < -0.4 is 5.32 Å². The van der Waals surface area contributed by atoms with Crippen molar-refractivity contribution in [3.63, 3.8) is 0 Å². The molecule has 0 aliphatic heterocycles. The van der Waals surface area contributed by atoms with Crippen molar-refractivity contribution in [1.82, 2.24) is 4.31 Å². The Balaban J connectivity index is 2.27. The second kappa shape index (κ2) is 9.25. The highest BCUT2D eigenvalue weighted by Gasteiger charge is 2.28. The minimum Gasteiger partial charge on any atom is -0.322 e. The summed E-state index contributed by atoms with van der Waals surface area (Å²) >= 11 is 9.19. The van der Waals surface area contributed by atoms with Gasteiger partial charge in [-0.05, 0) is 36.8 Å². The summed E-state index contributed by atoms with van der Waals surface area (Å²) in [6, 6.07) is 5.67. The number of carbonyl (C=O) groups is 1. The number of hydrogen-bond donors (Lipinski definition) is 1. The van der Waals surface area contributed by atoms with Crippen molar-refractivity contribution in [3.8, 4) is 0 Å². The molecule has 28 heavy (non-hydrogen) atoms. The lowest BCUT2D eigenvalue weighted by Crippen LogP contribution is -2.38. The molecule has 5 nitrogen and oxygen atoms in total. The van der Waals surface area contributed by atoms with Crippen LogP contribution in [0.25, 0.3) is 0 Å². The smallest absolute Gasteiger partial charge is 0.245 e. The van der Waals surface area contributed by atoms with Gasteiger partial charge in [0.25, 0.3) is 0 Å². The summed E-state index contributed by atoms with van der Waals surface area (Å²) in [5.74, 6) is -5.64. The van der Waals surface area contributed by atoms with Gasteiger partial charge < -0.3 is 5.32 Å². The van der Waals surface area contributed by atoms with E-state index in [1.165, 1.54) is 18.2 Å². The lowest BCUT2D eigenvalue weighted by Gasteiger charge is -2.22. The quantitative estimate of drug-likeness (QED) is 0.568. The van der Waals surface area contributed by atoms with Gasteiger partial charge in [0.15, 0.2) is 17.5 Å². The van der Waals surface area contributed by atoms with E-state index in [-0.39, 0.29) is 16.5 Å². The van der Waals surface area contributed by atoms with E-state index in [0.717, 1.165) is 10.4 Å². The normalized spacial score (nSPS) is 11.7. The molecule has 0 saturated heterocycles. The highest BCUT2D eigenvalue weighted by Crippen LogP contribution is 2.28. The third-order valence-corrected chi connectivity index (χ3v) is 6.44. The largest absolute Gasteiger partial charge is 0.322 e. The Morgan fingerprint density at radius 2 is 1.86 bits per heavy atom. The summed E-state index contributed by atoms with van der Waals surface area (Å²) in [6.45, 7) is 1.03. The van der Waals surface area contributed by atoms with E-state index in [2.05, 4.69) is 15.9 Å². The van der Waals surface area contributed by atoms with E-state index in [0.29, 0.717) is 17.0 Å². The van der Waals surface area contributed by atoms with Crippen molar-refractivity contribution >= 4 is 49.1 Å². The van der Waals surface area contributed by atoms with Crippen LogP contribution in [0.2, 0.25) is 5.02 Å².